The number of amides is 1. The molecule has 0 spiro atoms. The van der Waals surface area contributed by atoms with Crippen LogP contribution in [0.3, 0.4) is 0 Å². The normalized spacial score (nSPS) is 14.8. The molecule has 45 heavy (non-hydrogen) atoms. The zero-order valence-electron chi connectivity index (χ0n) is 27.1. The van der Waals surface area contributed by atoms with E-state index in [1.54, 1.807) is 16.6 Å². The van der Waals surface area contributed by atoms with Crippen LogP contribution in [-0.4, -0.2) is 70.5 Å². The van der Waals surface area contributed by atoms with E-state index in [-0.39, 0.29) is 31.0 Å². The van der Waals surface area contributed by atoms with E-state index in [0.717, 1.165) is 62.9 Å². The predicted octanol–water partition coefficient (Wildman–Crippen LogP) is 5.61. The second-order valence-corrected chi connectivity index (χ2v) is 13.7. The molecule has 1 aromatic heterocycles. The van der Waals surface area contributed by atoms with Crippen LogP contribution in [0.25, 0.3) is 0 Å². The van der Waals surface area contributed by atoms with Crippen LogP contribution in [0.15, 0.2) is 60.7 Å². The number of carbonyl (C=O) groups excluding carboxylic acids is 1. The molecule has 1 N–H and O–H groups in total. The second kappa shape index (κ2) is 17.4. The van der Waals surface area contributed by atoms with E-state index in [1.165, 1.54) is 0 Å². The van der Waals surface area contributed by atoms with Gasteiger partial charge in [0.2, 0.25) is 10.0 Å². The number of benzene rings is 2. The molecule has 1 amide bonds. The Morgan fingerprint density at radius 1 is 1.00 bits per heavy atom. The molecule has 246 valence electrons. The van der Waals surface area contributed by atoms with Gasteiger partial charge in [0.25, 0.3) is 0 Å². The molecule has 0 aliphatic heterocycles. The number of nitrogens with zero attached hydrogens (tertiary/aromatic N) is 5. The minimum Gasteiger partial charge on any atom is -0.445 e. The fourth-order valence-corrected chi connectivity index (χ4v) is 7.19. The van der Waals surface area contributed by atoms with Crippen molar-refractivity contribution in [3.8, 4) is 0 Å². The third-order valence-electron chi connectivity index (χ3n) is 8.62. The average Bonchev–Trinajstić information content (AvgIpc) is 3.43. The van der Waals surface area contributed by atoms with Gasteiger partial charge in [0.05, 0.1) is 18.3 Å². The summed E-state index contributed by atoms with van der Waals surface area (Å²) in [6.45, 7) is 7.11. The van der Waals surface area contributed by atoms with Gasteiger partial charge in [0.1, 0.15) is 12.4 Å². The highest BCUT2D eigenvalue weighted by molar-refractivity contribution is 7.89. The molecule has 10 nitrogen and oxygen atoms in total. The molecule has 1 aliphatic rings. The number of hydrogen-bond acceptors (Lipinski definition) is 7. The van der Waals surface area contributed by atoms with Crippen LogP contribution in [-0.2, 0) is 41.4 Å². The number of hydrogen-bond donors (Lipinski definition) is 1. The van der Waals surface area contributed by atoms with E-state index in [9.17, 15) is 13.2 Å². The molecule has 1 heterocycles. The minimum atomic E-state index is -3.59. The quantitative estimate of drug-likeness (QED) is 0.205. The molecule has 2 aromatic carbocycles. The molecule has 4 rings (SSSR count). The first-order chi connectivity index (χ1) is 21.8. The first-order valence-electron chi connectivity index (χ1n) is 16.4. The fourth-order valence-electron chi connectivity index (χ4n) is 5.90. The molecule has 0 radical (unpaired) electrons. The lowest BCUT2D eigenvalue weighted by Gasteiger charge is -2.33. The third kappa shape index (κ3) is 10.9. The summed E-state index contributed by atoms with van der Waals surface area (Å²) in [6.07, 6.45) is 6.47. The van der Waals surface area contributed by atoms with Crippen LogP contribution < -0.4 is 4.72 Å². The number of aryl methyl sites for hydroxylation is 2. The standard InChI is InChI=1S/C34H50N6O4S/c1-4-39(5-2)24-15-25-45(42,43)37-31(23-22-28-16-9-6-10-17-28)33-35-32(38(3)36-33)26-40(30-20-13-8-14-21-30)34(41)44-27-29-18-11-7-12-19-29/h6-7,9-12,16-19,30-31,37H,4-5,8,13-15,20-27H2,1-3H3/t31-/m1/s1. The van der Waals surface area contributed by atoms with E-state index in [0.29, 0.717) is 30.9 Å². The lowest BCUT2D eigenvalue weighted by molar-refractivity contribution is 0.0666. The van der Waals surface area contributed by atoms with Gasteiger partial charge >= 0.3 is 6.09 Å². The van der Waals surface area contributed by atoms with Crippen molar-refractivity contribution in [3.63, 3.8) is 0 Å². The summed E-state index contributed by atoms with van der Waals surface area (Å²) in [6, 6.07) is 19.1. The number of ether oxygens (including phenoxy) is 1. The maximum atomic E-state index is 13.5. The van der Waals surface area contributed by atoms with Crippen LogP contribution in [0.2, 0.25) is 0 Å². The topological polar surface area (TPSA) is 110 Å². The smallest absolute Gasteiger partial charge is 0.410 e. The van der Waals surface area contributed by atoms with Crippen LogP contribution in [0.1, 0.15) is 87.6 Å². The molecule has 11 heteroatoms. The Morgan fingerprint density at radius 3 is 2.29 bits per heavy atom. The van der Waals surface area contributed by atoms with Crippen LogP contribution in [0, 0.1) is 0 Å². The maximum absolute atomic E-state index is 13.5. The fraction of sp³-hybridized carbons (Fsp3) is 0.559. The SMILES string of the molecule is CCN(CC)CCCS(=O)(=O)N[C@H](CCc1ccccc1)c1nc(CN(C(=O)OCc2ccccc2)C2CCCCC2)n(C)n1. The van der Waals surface area contributed by atoms with Gasteiger partial charge in [-0.2, -0.15) is 5.10 Å². The minimum absolute atomic E-state index is 0.0355. The number of carbonyl (C=O) groups is 1. The molecule has 0 unspecified atom stereocenters. The van der Waals surface area contributed by atoms with Gasteiger partial charge in [0, 0.05) is 13.1 Å². The summed E-state index contributed by atoms with van der Waals surface area (Å²) in [5, 5.41) is 4.69. The number of nitrogens with one attached hydrogen (secondary N) is 1. The van der Waals surface area contributed by atoms with E-state index >= 15 is 0 Å². The van der Waals surface area contributed by atoms with Gasteiger partial charge in [-0.3, -0.25) is 9.58 Å². The van der Waals surface area contributed by atoms with Gasteiger partial charge in [-0.25, -0.2) is 22.9 Å². The Bertz CT molecular complexity index is 1410. The Hall–Kier alpha value is -3.28. The molecule has 0 bridgehead atoms. The van der Waals surface area contributed by atoms with Gasteiger partial charge in [0.15, 0.2) is 5.82 Å². The zero-order chi connectivity index (χ0) is 32.1. The Labute approximate surface area is 269 Å². The summed E-state index contributed by atoms with van der Waals surface area (Å²) in [7, 11) is -1.79. The van der Waals surface area contributed by atoms with Crippen molar-refractivity contribution < 1.29 is 17.9 Å². The molecule has 0 saturated heterocycles. The molecule has 1 fully saturated rings. The summed E-state index contributed by atoms with van der Waals surface area (Å²) in [5.74, 6) is 1.04. The zero-order valence-corrected chi connectivity index (χ0v) is 27.9. The number of aromatic nitrogens is 3. The lowest BCUT2D eigenvalue weighted by atomic mass is 9.94. The van der Waals surface area contributed by atoms with Crippen molar-refractivity contribution in [2.45, 2.75) is 90.4 Å². The monoisotopic (exact) mass is 638 g/mol. The molecule has 3 aromatic rings. The molecule has 1 aliphatic carbocycles. The summed E-state index contributed by atoms with van der Waals surface area (Å²) in [5.41, 5.74) is 2.05. The van der Waals surface area contributed by atoms with Gasteiger partial charge < -0.3 is 9.64 Å². The molecule has 1 saturated carbocycles. The van der Waals surface area contributed by atoms with E-state index < -0.39 is 16.1 Å². The van der Waals surface area contributed by atoms with Crippen LogP contribution in [0.4, 0.5) is 4.79 Å². The highest BCUT2D eigenvalue weighted by Gasteiger charge is 2.30. The van der Waals surface area contributed by atoms with Crippen molar-refractivity contribution in [1.82, 2.24) is 29.3 Å². The predicted molar refractivity (Wildman–Crippen MR) is 177 cm³/mol. The van der Waals surface area contributed by atoms with Crippen molar-refractivity contribution >= 4 is 16.1 Å². The van der Waals surface area contributed by atoms with Crippen LogP contribution in [0.5, 0.6) is 0 Å². The summed E-state index contributed by atoms with van der Waals surface area (Å²) < 4.78 is 36.9. The van der Waals surface area contributed by atoms with E-state index in [2.05, 4.69) is 28.6 Å². The average molecular weight is 639 g/mol. The summed E-state index contributed by atoms with van der Waals surface area (Å²) in [4.78, 5) is 22.3. The molecular weight excluding hydrogens is 588 g/mol. The molecular formula is C34H50N6O4S. The Balaban J connectivity index is 1.51. The van der Waals surface area contributed by atoms with Crippen molar-refractivity contribution in [1.29, 1.82) is 0 Å². The maximum Gasteiger partial charge on any atom is 0.410 e. The summed E-state index contributed by atoms with van der Waals surface area (Å²) >= 11 is 0. The van der Waals surface area contributed by atoms with E-state index in [4.69, 9.17) is 9.72 Å². The lowest BCUT2D eigenvalue weighted by Crippen LogP contribution is -2.41. The first kappa shape index (κ1) is 34.6. The van der Waals surface area contributed by atoms with Crippen LogP contribution >= 0.6 is 0 Å². The van der Waals surface area contributed by atoms with Crippen molar-refractivity contribution in [3.05, 3.63) is 83.4 Å². The first-order valence-corrected chi connectivity index (χ1v) is 18.1. The van der Waals surface area contributed by atoms with E-state index in [1.807, 2.05) is 60.7 Å². The van der Waals surface area contributed by atoms with Gasteiger partial charge in [-0.05, 0) is 62.9 Å². The van der Waals surface area contributed by atoms with Gasteiger partial charge in [-0.15, -0.1) is 0 Å². The van der Waals surface area contributed by atoms with Gasteiger partial charge in [-0.1, -0.05) is 93.8 Å². The Morgan fingerprint density at radius 2 is 1.64 bits per heavy atom. The third-order valence-corrected chi connectivity index (χ3v) is 10.1. The number of rotatable bonds is 17. The Kier molecular flexibility index (Phi) is 13.4. The highest BCUT2D eigenvalue weighted by Crippen LogP contribution is 2.26. The highest BCUT2D eigenvalue weighted by atomic mass is 32.2. The second-order valence-electron chi connectivity index (χ2n) is 11.9. The van der Waals surface area contributed by atoms with Crippen molar-refractivity contribution in [2.24, 2.45) is 7.05 Å². The molecule has 1 atom stereocenters. The number of sulfonamides is 1. The van der Waals surface area contributed by atoms with Crippen molar-refractivity contribution in [2.75, 3.05) is 25.4 Å². The largest absolute Gasteiger partial charge is 0.445 e.